The fourth-order valence-corrected chi connectivity index (χ4v) is 3.62. The van der Waals surface area contributed by atoms with Crippen LogP contribution in [0.15, 0.2) is 53.5 Å². The largest absolute Gasteiger partial charge is 0.378 e. The van der Waals surface area contributed by atoms with Crippen LogP contribution in [0.25, 0.3) is 11.3 Å². The molecule has 1 aromatic heterocycles. The Morgan fingerprint density at radius 2 is 1.79 bits per heavy atom. The van der Waals surface area contributed by atoms with Gasteiger partial charge in [0, 0.05) is 41.6 Å². The van der Waals surface area contributed by atoms with E-state index in [4.69, 9.17) is 26.3 Å². The molecule has 2 aliphatic rings. The fourth-order valence-electron chi connectivity index (χ4n) is 3.49. The van der Waals surface area contributed by atoms with Crippen LogP contribution in [0.5, 0.6) is 0 Å². The van der Waals surface area contributed by atoms with Gasteiger partial charge in [0.1, 0.15) is 5.82 Å². The molecule has 0 unspecified atom stereocenters. The van der Waals surface area contributed by atoms with Crippen LogP contribution in [-0.2, 0) is 11.3 Å². The summed E-state index contributed by atoms with van der Waals surface area (Å²) in [4.78, 5) is 16.1. The Bertz CT molecular complexity index is 1060. The Hall–Kier alpha value is -2.96. The van der Waals surface area contributed by atoms with Crippen LogP contribution < -0.4 is 10.2 Å². The Morgan fingerprint density at radius 1 is 0.966 bits per heavy atom. The standard InChI is InChI=1S/C22H20ClN5O/c23-18-3-5-19(6-4-18)25-21-12-20(15-1-2-16-13-24-14-17(16)11-15)26-22(27-21)28-7-9-29-10-8-28/h1-6,11-12,14H,7-10,13H2,(H,25,26,27). The molecule has 2 aliphatic heterocycles. The first-order valence-corrected chi connectivity index (χ1v) is 10.00. The second-order valence-electron chi connectivity index (χ2n) is 7.05. The quantitative estimate of drug-likeness (QED) is 0.700. The van der Waals surface area contributed by atoms with E-state index in [0.717, 1.165) is 48.0 Å². The zero-order chi connectivity index (χ0) is 19.6. The van der Waals surface area contributed by atoms with Gasteiger partial charge in [-0.15, -0.1) is 0 Å². The van der Waals surface area contributed by atoms with Crippen LogP contribution in [0.4, 0.5) is 17.5 Å². The molecule has 1 fully saturated rings. The van der Waals surface area contributed by atoms with Gasteiger partial charge < -0.3 is 15.0 Å². The summed E-state index contributed by atoms with van der Waals surface area (Å²) in [6.07, 6.45) is 1.93. The number of aliphatic imine (C=N–C) groups is 1. The third-order valence-corrected chi connectivity index (χ3v) is 5.31. The predicted octanol–water partition coefficient (Wildman–Crippen LogP) is 4.31. The molecule has 0 bridgehead atoms. The summed E-state index contributed by atoms with van der Waals surface area (Å²) in [5.74, 6) is 1.45. The van der Waals surface area contributed by atoms with Gasteiger partial charge in [-0.2, -0.15) is 4.98 Å². The van der Waals surface area contributed by atoms with Gasteiger partial charge in [-0.1, -0.05) is 23.7 Å². The van der Waals surface area contributed by atoms with Crippen molar-refractivity contribution in [2.24, 2.45) is 4.99 Å². The van der Waals surface area contributed by atoms with Crippen molar-refractivity contribution in [3.8, 4) is 11.3 Å². The zero-order valence-electron chi connectivity index (χ0n) is 15.8. The Morgan fingerprint density at radius 3 is 2.62 bits per heavy atom. The van der Waals surface area contributed by atoms with E-state index in [0.29, 0.717) is 24.2 Å². The van der Waals surface area contributed by atoms with Gasteiger partial charge in [0.25, 0.3) is 0 Å². The molecule has 3 heterocycles. The number of ether oxygens (including phenoxy) is 1. The average molecular weight is 406 g/mol. The molecule has 7 heteroatoms. The number of fused-ring (bicyclic) bond motifs is 1. The molecular weight excluding hydrogens is 386 g/mol. The van der Waals surface area contributed by atoms with Crippen LogP contribution in [0.3, 0.4) is 0 Å². The van der Waals surface area contributed by atoms with Gasteiger partial charge in [0.05, 0.1) is 25.5 Å². The SMILES string of the molecule is Clc1ccc(Nc2cc(-c3ccc4c(c3)C=NC4)nc(N3CCOCC3)n2)cc1. The molecule has 29 heavy (non-hydrogen) atoms. The minimum atomic E-state index is 0.683. The van der Waals surface area contributed by atoms with Crippen molar-refractivity contribution in [3.63, 3.8) is 0 Å². The molecule has 3 aromatic rings. The van der Waals surface area contributed by atoms with Gasteiger partial charge >= 0.3 is 0 Å². The third-order valence-electron chi connectivity index (χ3n) is 5.06. The molecule has 2 aromatic carbocycles. The van der Waals surface area contributed by atoms with Crippen molar-refractivity contribution in [3.05, 3.63) is 64.7 Å². The maximum absolute atomic E-state index is 6.01. The van der Waals surface area contributed by atoms with Gasteiger partial charge in [-0.05, 0) is 41.5 Å². The van der Waals surface area contributed by atoms with Crippen LogP contribution in [-0.4, -0.2) is 42.5 Å². The zero-order valence-corrected chi connectivity index (χ0v) is 16.6. The van der Waals surface area contributed by atoms with E-state index in [1.54, 1.807) is 0 Å². The van der Waals surface area contributed by atoms with Crippen LogP contribution in [0.2, 0.25) is 5.02 Å². The topological polar surface area (TPSA) is 62.6 Å². The van der Waals surface area contributed by atoms with Crippen molar-refractivity contribution in [2.75, 3.05) is 36.5 Å². The summed E-state index contributed by atoms with van der Waals surface area (Å²) in [5, 5.41) is 4.08. The highest BCUT2D eigenvalue weighted by Gasteiger charge is 2.17. The lowest BCUT2D eigenvalue weighted by atomic mass is 10.0. The first-order valence-electron chi connectivity index (χ1n) is 9.62. The second kappa shape index (κ2) is 7.81. The molecule has 1 saturated heterocycles. The lowest BCUT2D eigenvalue weighted by Crippen LogP contribution is -2.37. The van der Waals surface area contributed by atoms with Gasteiger partial charge in [0.15, 0.2) is 0 Å². The number of hydrogen-bond acceptors (Lipinski definition) is 6. The molecular formula is C22H20ClN5O. The van der Waals surface area contributed by atoms with Crippen LogP contribution >= 0.6 is 11.6 Å². The smallest absolute Gasteiger partial charge is 0.228 e. The Balaban J connectivity index is 1.54. The number of anilines is 3. The summed E-state index contributed by atoms with van der Waals surface area (Å²) in [7, 11) is 0. The predicted molar refractivity (Wildman–Crippen MR) is 117 cm³/mol. The van der Waals surface area contributed by atoms with Crippen molar-refractivity contribution < 1.29 is 4.74 Å². The minimum Gasteiger partial charge on any atom is -0.378 e. The molecule has 6 nitrogen and oxygen atoms in total. The number of aromatic nitrogens is 2. The molecule has 0 aliphatic carbocycles. The van der Waals surface area contributed by atoms with Gasteiger partial charge in [-0.3, -0.25) is 4.99 Å². The summed E-state index contributed by atoms with van der Waals surface area (Å²) in [6, 6.07) is 15.9. The maximum atomic E-state index is 6.01. The number of halogens is 1. The van der Waals surface area contributed by atoms with E-state index < -0.39 is 0 Å². The maximum Gasteiger partial charge on any atom is 0.228 e. The van der Waals surface area contributed by atoms with Gasteiger partial charge in [-0.25, -0.2) is 4.98 Å². The molecule has 0 amide bonds. The lowest BCUT2D eigenvalue weighted by molar-refractivity contribution is 0.122. The van der Waals surface area contributed by atoms with Crippen molar-refractivity contribution in [2.45, 2.75) is 6.54 Å². The van der Waals surface area contributed by atoms with Crippen molar-refractivity contribution in [1.29, 1.82) is 0 Å². The molecule has 0 atom stereocenters. The Kier molecular flexibility index (Phi) is 4.87. The minimum absolute atomic E-state index is 0.683. The van der Waals surface area contributed by atoms with E-state index in [1.807, 2.05) is 36.5 Å². The number of hydrogen-bond donors (Lipinski definition) is 1. The highest BCUT2D eigenvalue weighted by Crippen LogP contribution is 2.28. The molecule has 0 saturated carbocycles. The van der Waals surface area contributed by atoms with Crippen LogP contribution in [0, 0.1) is 0 Å². The third kappa shape index (κ3) is 3.95. The molecule has 0 radical (unpaired) electrons. The number of morpholine rings is 1. The summed E-state index contributed by atoms with van der Waals surface area (Å²) in [5.41, 5.74) is 5.25. The Labute approximate surface area is 174 Å². The first kappa shape index (κ1) is 18.1. The summed E-state index contributed by atoms with van der Waals surface area (Å²) < 4.78 is 5.48. The molecule has 0 spiro atoms. The monoisotopic (exact) mass is 405 g/mol. The molecule has 146 valence electrons. The number of nitrogens with one attached hydrogen (secondary N) is 1. The lowest BCUT2D eigenvalue weighted by Gasteiger charge is -2.27. The van der Waals surface area contributed by atoms with Crippen molar-refractivity contribution >= 4 is 35.3 Å². The van der Waals surface area contributed by atoms with E-state index in [1.165, 1.54) is 5.56 Å². The van der Waals surface area contributed by atoms with Crippen LogP contribution in [0.1, 0.15) is 11.1 Å². The van der Waals surface area contributed by atoms with E-state index >= 15 is 0 Å². The van der Waals surface area contributed by atoms with Gasteiger partial charge in [0.2, 0.25) is 5.95 Å². The van der Waals surface area contributed by atoms with E-state index in [9.17, 15) is 0 Å². The highest BCUT2D eigenvalue weighted by molar-refractivity contribution is 6.30. The number of rotatable bonds is 4. The van der Waals surface area contributed by atoms with E-state index in [2.05, 4.69) is 33.4 Å². The average Bonchev–Trinajstić information content (AvgIpc) is 3.24. The first-order chi connectivity index (χ1) is 14.2. The number of nitrogens with zero attached hydrogens (tertiary/aromatic N) is 4. The summed E-state index contributed by atoms with van der Waals surface area (Å²) in [6.45, 7) is 3.68. The second-order valence-corrected chi connectivity index (χ2v) is 7.49. The van der Waals surface area contributed by atoms with Crippen molar-refractivity contribution in [1.82, 2.24) is 9.97 Å². The molecule has 1 N–H and O–H groups in total. The van der Waals surface area contributed by atoms with E-state index in [-0.39, 0.29) is 0 Å². The highest BCUT2D eigenvalue weighted by atomic mass is 35.5. The number of benzene rings is 2. The normalized spacial score (nSPS) is 15.4. The fraction of sp³-hybridized carbons (Fsp3) is 0.227. The summed E-state index contributed by atoms with van der Waals surface area (Å²) >= 11 is 6.01. The molecule has 5 rings (SSSR count).